The monoisotopic (exact) mass is 142 g/mol. The first-order valence-electron chi connectivity index (χ1n) is 3.64. The van der Waals surface area contributed by atoms with Crippen LogP contribution in [0.5, 0.6) is 0 Å². The molecular weight excluding hydrogens is 128 g/mol. The molecule has 0 aliphatic rings. The van der Waals surface area contributed by atoms with Crippen molar-refractivity contribution in [3.63, 3.8) is 0 Å². The number of nitroso groups, excluding NO2 is 1. The van der Waals surface area contributed by atoms with E-state index in [4.69, 9.17) is 0 Å². The minimum atomic E-state index is 0.438. The predicted molar refractivity (Wildman–Crippen MR) is 43.3 cm³/mol. The Balaban J connectivity index is 3.36. The molecule has 0 aromatic heterocycles. The van der Waals surface area contributed by atoms with Crippen LogP contribution in [0.25, 0.3) is 0 Å². The zero-order chi connectivity index (χ0) is 7.82. The van der Waals surface area contributed by atoms with Gasteiger partial charge in [0.05, 0.1) is 0 Å². The van der Waals surface area contributed by atoms with Gasteiger partial charge in [-0.3, -0.25) is 4.99 Å². The second-order valence-electron chi connectivity index (χ2n) is 2.19. The molecule has 58 valence electrons. The van der Waals surface area contributed by atoms with E-state index in [0.717, 1.165) is 25.7 Å². The smallest absolute Gasteiger partial charge is 0.167 e. The minimum absolute atomic E-state index is 0.438. The molecule has 0 spiro atoms. The third-order valence-corrected chi connectivity index (χ3v) is 1.37. The van der Waals surface area contributed by atoms with Gasteiger partial charge in [-0.15, -0.1) is 4.91 Å². The van der Waals surface area contributed by atoms with Crippen molar-refractivity contribution in [1.29, 1.82) is 0 Å². The SMILES string of the molecule is CCCCCC(N=O)=NC. The molecule has 3 nitrogen and oxygen atoms in total. The summed E-state index contributed by atoms with van der Waals surface area (Å²) in [5, 5.41) is 2.78. The summed E-state index contributed by atoms with van der Waals surface area (Å²) in [6.45, 7) is 2.12. The molecule has 0 aromatic carbocycles. The van der Waals surface area contributed by atoms with Crippen molar-refractivity contribution in [2.24, 2.45) is 10.2 Å². The highest BCUT2D eigenvalue weighted by molar-refractivity contribution is 5.82. The molecule has 3 heteroatoms. The van der Waals surface area contributed by atoms with E-state index in [1.54, 1.807) is 7.05 Å². The van der Waals surface area contributed by atoms with Crippen LogP contribution in [0.3, 0.4) is 0 Å². The topological polar surface area (TPSA) is 41.8 Å². The first-order chi connectivity index (χ1) is 4.85. The van der Waals surface area contributed by atoms with E-state index in [2.05, 4.69) is 17.1 Å². The molecule has 0 N–H and O–H groups in total. The first-order valence-corrected chi connectivity index (χ1v) is 3.64. The maximum atomic E-state index is 9.95. The van der Waals surface area contributed by atoms with Crippen molar-refractivity contribution in [2.75, 3.05) is 7.05 Å². The lowest BCUT2D eigenvalue weighted by atomic mass is 10.2. The summed E-state index contributed by atoms with van der Waals surface area (Å²) in [5.74, 6) is 0.438. The molecule has 0 saturated heterocycles. The Morgan fingerprint density at radius 2 is 2.10 bits per heavy atom. The summed E-state index contributed by atoms with van der Waals surface area (Å²) in [7, 11) is 1.60. The minimum Gasteiger partial charge on any atom is -0.271 e. The molecule has 0 amide bonds. The van der Waals surface area contributed by atoms with Crippen molar-refractivity contribution in [1.82, 2.24) is 0 Å². The van der Waals surface area contributed by atoms with Crippen molar-refractivity contribution in [3.8, 4) is 0 Å². The molecule has 0 unspecified atom stereocenters. The third kappa shape index (κ3) is 4.18. The fourth-order valence-corrected chi connectivity index (χ4v) is 0.731. The molecule has 0 rings (SSSR count). The molecule has 0 aliphatic carbocycles. The highest BCUT2D eigenvalue weighted by atomic mass is 16.3. The molecule has 0 bridgehead atoms. The molecule has 0 aliphatic heterocycles. The summed E-state index contributed by atoms with van der Waals surface area (Å²) in [4.78, 5) is 13.7. The zero-order valence-electron chi connectivity index (χ0n) is 6.63. The highest BCUT2D eigenvalue weighted by Gasteiger charge is 1.95. The maximum Gasteiger partial charge on any atom is 0.167 e. The van der Waals surface area contributed by atoms with Gasteiger partial charge in [0, 0.05) is 13.5 Å². The molecule has 0 fully saturated rings. The fourth-order valence-electron chi connectivity index (χ4n) is 0.731. The van der Waals surface area contributed by atoms with Gasteiger partial charge >= 0.3 is 0 Å². The highest BCUT2D eigenvalue weighted by Crippen LogP contribution is 2.00. The average Bonchev–Trinajstić information content (AvgIpc) is 1.99. The fraction of sp³-hybridized carbons (Fsp3) is 0.857. The quantitative estimate of drug-likeness (QED) is 0.257. The lowest BCUT2D eigenvalue weighted by Crippen LogP contribution is -1.91. The van der Waals surface area contributed by atoms with Crippen LogP contribution in [-0.4, -0.2) is 12.9 Å². The van der Waals surface area contributed by atoms with Crippen LogP contribution in [0.2, 0.25) is 0 Å². The molecule has 0 saturated carbocycles. The summed E-state index contributed by atoms with van der Waals surface area (Å²) in [6, 6.07) is 0. The van der Waals surface area contributed by atoms with Crippen molar-refractivity contribution in [3.05, 3.63) is 4.91 Å². The Bertz CT molecular complexity index is 121. The summed E-state index contributed by atoms with van der Waals surface area (Å²) < 4.78 is 0. The number of hydrogen-bond donors (Lipinski definition) is 0. The predicted octanol–water partition coefficient (Wildman–Crippen LogP) is 2.36. The van der Waals surface area contributed by atoms with E-state index >= 15 is 0 Å². The number of amidine groups is 1. The summed E-state index contributed by atoms with van der Waals surface area (Å²) in [6.07, 6.45) is 4.06. The van der Waals surface area contributed by atoms with E-state index in [1.807, 2.05) is 0 Å². The molecular formula is C7H14N2O. The van der Waals surface area contributed by atoms with Crippen molar-refractivity contribution < 1.29 is 0 Å². The number of rotatable bonds is 4. The molecule has 0 radical (unpaired) electrons. The lowest BCUT2D eigenvalue weighted by molar-refractivity contribution is 0.739. The summed E-state index contributed by atoms with van der Waals surface area (Å²) >= 11 is 0. The van der Waals surface area contributed by atoms with E-state index < -0.39 is 0 Å². The normalized spacial score (nSPS) is 11.6. The molecule has 10 heavy (non-hydrogen) atoms. The molecule has 0 aromatic rings. The van der Waals surface area contributed by atoms with Crippen molar-refractivity contribution in [2.45, 2.75) is 32.6 Å². The van der Waals surface area contributed by atoms with Gasteiger partial charge in [-0.05, 0) is 11.6 Å². The van der Waals surface area contributed by atoms with Gasteiger partial charge in [0.2, 0.25) is 0 Å². The van der Waals surface area contributed by atoms with Crippen LogP contribution in [0, 0.1) is 4.91 Å². The Morgan fingerprint density at radius 1 is 1.40 bits per heavy atom. The van der Waals surface area contributed by atoms with E-state index in [1.165, 1.54) is 0 Å². The van der Waals surface area contributed by atoms with Gasteiger partial charge < -0.3 is 0 Å². The van der Waals surface area contributed by atoms with E-state index in [0.29, 0.717) is 5.84 Å². The van der Waals surface area contributed by atoms with Gasteiger partial charge in [-0.2, -0.15) is 0 Å². The van der Waals surface area contributed by atoms with Crippen LogP contribution < -0.4 is 0 Å². The number of aliphatic imine (C=N–C) groups is 1. The Labute approximate surface area is 61.5 Å². The van der Waals surface area contributed by atoms with Crippen LogP contribution in [0.4, 0.5) is 0 Å². The third-order valence-electron chi connectivity index (χ3n) is 1.37. The molecule has 0 heterocycles. The van der Waals surface area contributed by atoms with Gasteiger partial charge in [0.1, 0.15) is 0 Å². The maximum absolute atomic E-state index is 9.95. The lowest BCUT2D eigenvalue weighted by Gasteiger charge is -1.93. The van der Waals surface area contributed by atoms with Crippen molar-refractivity contribution >= 4 is 5.84 Å². The van der Waals surface area contributed by atoms with Crippen LogP contribution >= 0.6 is 0 Å². The molecule has 0 atom stereocenters. The first kappa shape index (κ1) is 9.27. The standard InChI is InChI=1S/C7H14N2O/c1-3-4-5-6-7(8-2)9-10/h3-6H2,1-2H3. The van der Waals surface area contributed by atoms with Gasteiger partial charge in [-0.1, -0.05) is 19.8 Å². The average molecular weight is 142 g/mol. The van der Waals surface area contributed by atoms with Crippen LogP contribution in [0.1, 0.15) is 32.6 Å². The van der Waals surface area contributed by atoms with Gasteiger partial charge in [-0.25, -0.2) is 0 Å². The number of nitrogens with zero attached hydrogens (tertiary/aromatic N) is 2. The summed E-state index contributed by atoms with van der Waals surface area (Å²) in [5.41, 5.74) is 0. The Morgan fingerprint density at radius 3 is 2.50 bits per heavy atom. The van der Waals surface area contributed by atoms with Gasteiger partial charge in [0.15, 0.2) is 5.84 Å². The largest absolute Gasteiger partial charge is 0.271 e. The zero-order valence-corrected chi connectivity index (χ0v) is 6.63. The Kier molecular flexibility index (Phi) is 5.92. The van der Waals surface area contributed by atoms with Gasteiger partial charge in [0.25, 0.3) is 0 Å². The number of unbranched alkanes of at least 4 members (excludes halogenated alkanes) is 2. The second-order valence-corrected chi connectivity index (χ2v) is 2.19. The van der Waals surface area contributed by atoms with Crippen LogP contribution in [-0.2, 0) is 0 Å². The van der Waals surface area contributed by atoms with E-state index in [-0.39, 0.29) is 0 Å². The number of hydrogen-bond acceptors (Lipinski definition) is 2. The van der Waals surface area contributed by atoms with E-state index in [9.17, 15) is 4.91 Å². The Hall–Kier alpha value is -0.730. The van der Waals surface area contributed by atoms with Crippen LogP contribution in [0.15, 0.2) is 10.2 Å². The second kappa shape index (κ2) is 6.39.